The van der Waals surface area contributed by atoms with Crippen LogP contribution in [0, 0.1) is 0 Å². The molecule has 2 heterocycles. The van der Waals surface area contributed by atoms with E-state index in [1.807, 2.05) is 24.3 Å². The third-order valence-electron chi connectivity index (χ3n) is 4.55. The molecule has 4 N–H and O–H groups in total. The number of halogens is 1. The van der Waals surface area contributed by atoms with Crippen molar-refractivity contribution in [2.45, 2.75) is 19.3 Å². The number of amides is 1. The number of nitrogens with one attached hydrogen (secondary N) is 4. The van der Waals surface area contributed by atoms with E-state index in [9.17, 15) is 4.79 Å². The second kappa shape index (κ2) is 11.9. The molecule has 1 aromatic carbocycles. The van der Waals surface area contributed by atoms with Gasteiger partial charge in [0.1, 0.15) is 0 Å². The first-order valence-electron chi connectivity index (χ1n) is 10.2. The lowest BCUT2D eigenvalue weighted by Gasteiger charge is -2.10. The molecule has 1 amide bonds. The highest BCUT2D eigenvalue weighted by atomic mass is 35.5. The minimum absolute atomic E-state index is 0.102. The predicted molar refractivity (Wildman–Crippen MR) is 123 cm³/mol. The molecule has 0 saturated carbocycles. The molecular formula is C22H27ClN6O. The lowest BCUT2D eigenvalue weighted by molar-refractivity contribution is -0.116. The van der Waals surface area contributed by atoms with Gasteiger partial charge >= 0.3 is 0 Å². The number of fused-ring (bicyclic) bond motifs is 1. The normalized spacial score (nSPS) is 11.2. The van der Waals surface area contributed by atoms with Crippen molar-refractivity contribution in [2.24, 2.45) is 0 Å². The lowest BCUT2D eigenvalue weighted by Crippen LogP contribution is -2.26. The quantitative estimate of drug-likeness (QED) is 0.262. The zero-order valence-electron chi connectivity index (χ0n) is 16.8. The largest absolute Gasteiger partial charge is 0.384 e. The summed E-state index contributed by atoms with van der Waals surface area (Å²) in [5.74, 6) is -0.102. The highest BCUT2D eigenvalue weighted by molar-refractivity contribution is 6.31. The molecule has 30 heavy (non-hydrogen) atoms. The number of hydrogen-bond donors (Lipinski definition) is 4. The Balaban J connectivity index is 1.21. The van der Waals surface area contributed by atoms with Crippen LogP contribution in [0.4, 0.5) is 5.69 Å². The van der Waals surface area contributed by atoms with Crippen molar-refractivity contribution in [3.8, 4) is 0 Å². The summed E-state index contributed by atoms with van der Waals surface area (Å²) in [7, 11) is 0. The van der Waals surface area contributed by atoms with E-state index in [1.165, 1.54) is 6.08 Å². The van der Waals surface area contributed by atoms with Crippen molar-refractivity contribution in [3.63, 3.8) is 0 Å². The number of aromatic amines is 1. The summed E-state index contributed by atoms with van der Waals surface area (Å²) >= 11 is 6.03. The number of hydrogen-bond acceptors (Lipinski definition) is 5. The molecule has 0 aliphatic carbocycles. The predicted octanol–water partition coefficient (Wildman–Crippen LogP) is 3.61. The van der Waals surface area contributed by atoms with E-state index in [0.29, 0.717) is 11.6 Å². The first-order chi connectivity index (χ1) is 14.7. The van der Waals surface area contributed by atoms with Crippen LogP contribution in [0.2, 0.25) is 5.02 Å². The average molecular weight is 427 g/mol. The van der Waals surface area contributed by atoms with Gasteiger partial charge in [0.05, 0.1) is 17.5 Å². The Kier molecular flexibility index (Phi) is 8.68. The zero-order chi connectivity index (χ0) is 21.0. The summed E-state index contributed by atoms with van der Waals surface area (Å²) in [5.41, 5.74) is 2.72. The van der Waals surface area contributed by atoms with Gasteiger partial charge in [-0.05, 0) is 62.7 Å². The molecule has 3 aromatic rings. The maximum absolute atomic E-state index is 11.7. The van der Waals surface area contributed by atoms with Crippen molar-refractivity contribution < 1.29 is 4.79 Å². The van der Waals surface area contributed by atoms with Crippen LogP contribution in [0.3, 0.4) is 0 Å². The number of pyridine rings is 1. The molecule has 0 aliphatic heterocycles. The van der Waals surface area contributed by atoms with Crippen LogP contribution in [-0.4, -0.2) is 47.0 Å². The van der Waals surface area contributed by atoms with Crippen molar-refractivity contribution >= 4 is 40.2 Å². The van der Waals surface area contributed by atoms with Crippen LogP contribution in [-0.2, 0) is 4.79 Å². The third-order valence-corrected chi connectivity index (χ3v) is 4.79. The minimum atomic E-state index is -0.102. The Hall–Kier alpha value is -2.90. The van der Waals surface area contributed by atoms with Crippen LogP contribution in [0.5, 0.6) is 0 Å². The molecule has 0 bridgehead atoms. The van der Waals surface area contributed by atoms with E-state index in [4.69, 9.17) is 11.6 Å². The lowest BCUT2D eigenvalue weighted by atomic mass is 10.2. The molecule has 0 unspecified atom stereocenters. The molecule has 2 aromatic heterocycles. The minimum Gasteiger partial charge on any atom is -0.384 e. The summed E-state index contributed by atoms with van der Waals surface area (Å²) in [5, 5.41) is 11.5. The zero-order valence-corrected chi connectivity index (χ0v) is 17.6. The molecule has 0 aliphatic rings. The van der Waals surface area contributed by atoms with Gasteiger partial charge in [0.2, 0.25) is 5.91 Å². The highest BCUT2D eigenvalue weighted by Gasteiger charge is 2.02. The van der Waals surface area contributed by atoms with Gasteiger partial charge in [-0.2, -0.15) is 0 Å². The maximum Gasteiger partial charge on any atom is 0.244 e. The van der Waals surface area contributed by atoms with Crippen molar-refractivity contribution in [2.75, 3.05) is 31.5 Å². The molecule has 0 saturated heterocycles. The van der Waals surface area contributed by atoms with Crippen LogP contribution in [0.15, 0.2) is 49.1 Å². The van der Waals surface area contributed by atoms with Crippen LogP contribution < -0.4 is 16.0 Å². The van der Waals surface area contributed by atoms with Crippen LogP contribution in [0.25, 0.3) is 17.0 Å². The van der Waals surface area contributed by atoms with E-state index in [0.717, 1.165) is 61.2 Å². The molecule has 7 nitrogen and oxygen atoms in total. The third kappa shape index (κ3) is 7.17. The fourth-order valence-corrected chi connectivity index (χ4v) is 3.17. The summed E-state index contributed by atoms with van der Waals surface area (Å²) in [6.45, 7) is 3.40. The summed E-state index contributed by atoms with van der Waals surface area (Å²) < 4.78 is 0. The molecule has 3 rings (SSSR count). The van der Waals surface area contributed by atoms with E-state index in [-0.39, 0.29) is 5.91 Å². The Labute approximate surface area is 181 Å². The molecular weight excluding hydrogens is 400 g/mol. The van der Waals surface area contributed by atoms with Crippen molar-refractivity contribution in [3.05, 3.63) is 59.8 Å². The highest BCUT2D eigenvalue weighted by Crippen LogP contribution is 2.24. The molecule has 0 fully saturated rings. The fraction of sp³-hybridized carbons (Fsp3) is 0.318. The van der Waals surface area contributed by atoms with Crippen molar-refractivity contribution in [1.82, 2.24) is 25.6 Å². The van der Waals surface area contributed by atoms with E-state index >= 15 is 0 Å². The van der Waals surface area contributed by atoms with Crippen LogP contribution >= 0.6 is 11.6 Å². The molecule has 8 heteroatoms. The van der Waals surface area contributed by atoms with Gasteiger partial charge in [-0.25, -0.2) is 4.98 Å². The number of carbonyl (C=O) groups is 1. The average Bonchev–Trinajstić information content (AvgIpc) is 3.27. The van der Waals surface area contributed by atoms with Gasteiger partial charge in [-0.15, -0.1) is 0 Å². The van der Waals surface area contributed by atoms with E-state index < -0.39 is 0 Å². The first kappa shape index (κ1) is 21.8. The van der Waals surface area contributed by atoms with Gasteiger partial charge in [-0.1, -0.05) is 11.6 Å². The topological polar surface area (TPSA) is 94.7 Å². The Morgan fingerprint density at radius 1 is 1.07 bits per heavy atom. The Morgan fingerprint density at radius 3 is 2.80 bits per heavy atom. The molecule has 0 radical (unpaired) electrons. The maximum atomic E-state index is 11.7. The number of H-pyrrole nitrogens is 1. The number of anilines is 1. The standard InChI is InChI=1S/C22H27ClN6O/c23-17-4-6-19-20(8-13-27-21(19)14-17)26-11-2-1-9-24-10-3-12-28-22(30)7-5-18-15-25-16-29-18/h4-8,13-16,24H,1-3,9-12H2,(H,25,29)(H,26,27)(H,28,30). The number of rotatable bonds is 12. The van der Waals surface area contributed by atoms with E-state index in [1.54, 1.807) is 24.8 Å². The van der Waals surface area contributed by atoms with Gasteiger partial charge in [0.25, 0.3) is 0 Å². The van der Waals surface area contributed by atoms with Gasteiger partial charge in [0, 0.05) is 47.7 Å². The van der Waals surface area contributed by atoms with Gasteiger partial charge in [0.15, 0.2) is 0 Å². The number of benzene rings is 1. The van der Waals surface area contributed by atoms with Crippen LogP contribution in [0.1, 0.15) is 25.0 Å². The number of carbonyl (C=O) groups excluding carboxylic acids is 1. The second-order valence-corrected chi connectivity index (χ2v) is 7.31. The van der Waals surface area contributed by atoms with Gasteiger partial charge < -0.3 is 20.9 Å². The number of unbranched alkanes of at least 4 members (excludes halogenated alkanes) is 1. The monoisotopic (exact) mass is 426 g/mol. The summed E-state index contributed by atoms with van der Waals surface area (Å²) in [6.07, 6.45) is 11.3. The first-order valence-corrected chi connectivity index (χ1v) is 10.5. The number of imidazole rings is 1. The Bertz CT molecular complexity index is 957. The van der Waals surface area contributed by atoms with E-state index in [2.05, 4.69) is 30.9 Å². The molecule has 0 atom stereocenters. The fourth-order valence-electron chi connectivity index (χ4n) is 3.01. The summed E-state index contributed by atoms with van der Waals surface area (Å²) in [4.78, 5) is 22.9. The van der Waals surface area contributed by atoms with Gasteiger partial charge in [-0.3, -0.25) is 9.78 Å². The number of nitrogens with zero attached hydrogens (tertiary/aromatic N) is 2. The van der Waals surface area contributed by atoms with Crippen molar-refractivity contribution in [1.29, 1.82) is 0 Å². The summed E-state index contributed by atoms with van der Waals surface area (Å²) in [6, 6.07) is 7.76. The smallest absolute Gasteiger partial charge is 0.244 e. The SMILES string of the molecule is O=C(C=Cc1c[nH]cn1)NCCCNCCCCNc1ccnc2cc(Cl)ccc12. The molecule has 0 spiro atoms. The Morgan fingerprint density at radius 2 is 1.93 bits per heavy atom. The number of aromatic nitrogens is 3. The molecule has 158 valence electrons. The second-order valence-electron chi connectivity index (χ2n) is 6.88.